The lowest BCUT2D eigenvalue weighted by molar-refractivity contribution is 0.230. The van der Waals surface area contributed by atoms with Crippen molar-refractivity contribution in [1.29, 1.82) is 0 Å². The minimum Gasteiger partial charge on any atom is -0.313 e. The summed E-state index contributed by atoms with van der Waals surface area (Å²) in [4.78, 5) is 5.41. The molecular formula is C16H31N3. The van der Waals surface area contributed by atoms with Gasteiger partial charge in [-0.3, -0.25) is 4.90 Å². The highest BCUT2D eigenvalue weighted by molar-refractivity contribution is 4.86. The second-order valence-electron chi connectivity index (χ2n) is 6.78. The molecule has 1 aliphatic carbocycles. The van der Waals surface area contributed by atoms with Crippen LogP contribution in [0.5, 0.6) is 0 Å². The quantitative estimate of drug-likeness (QED) is 0.821. The molecule has 0 radical (unpaired) electrons. The molecule has 0 aromatic rings. The van der Waals surface area contributed by atoms with Crippen LogP contribution in [0.3, 0.4) is 0 Å². The van der Waals surface area contributed by atoms with Crippen molar-refractivity contribution in [2.24, 2.45) is 0 Å². The van der Waals surface area contributed by atoms with Gasteiger partial charge in [-0.2, -0.15) is 0 Å². The monoisotopic (exact) mass is 265 g/mol. The lowest BCUT2D eigenvalue weighted by Crippen LogP contribution is -2.39. The Labute approximate surface area is 118 Å². The van der Waals surface area contributed by atoms with E-state index in [1.807, 2.05) is 0 Å². The molecule has 3 heteroatoms. The number of hydrogen-bond acceptors (Lipinski definition) is 3. The first-order valence-electron chi connectivity index (χ1n) is 8.61. The molecule has 0 aromatic carbocycles. The maximum Gasteiger partial charge on any atom is 0.0235 e. The van der Waals surface area contributed by atoms with E-state index < -0.39 is 0 Å². The van der Waals surface area contributed by atoms with Crippen LogP contribution >= 0.6 is 0 Å². The number of rotatable bonds is 5. The van der Waals surface area contributed by atoms with Gasteiger partial charge in [0.05, 0.1) is 0 Å². The Balaban J connectivity index is 1.30. The molecule has 0 amide bonds. The summed E-state index contributed by atoms with van der Waals surface area (Å²) in [6.07, 6.45) is 11.4. The largest absolute Gasteiger partial charge is 0.313 e. The highest BCUT2D eigenvalue weighted by Crippen LogP contribution is 2.20. The fourth-order valence-electron chi connectivity index (χ4n) is 4.15. The van der Waals surface area contributed by atoms with Crippen molar-refractivity contribution >= 4 is 0 Å². The van der Waals surface area contributed by atoms with Gasteiger partial charge in [0.15, 0.2) is 0 Å². The third-order valence-electron chi connectivity index (χ3n) is 5.37. The summed E-state index contributed by atoms with van der Waals surface area (Å²) in [6.45, 7) is 7.84. The molecule has 19 heavy (non-hydrogen) atoms. The van der Waals surface area contributed by atoms with E-state index in [-0.39, 0.29) is 0 Å². The van der Waals surface area contributed by atoms with Gasteiger partial charge in [0, 0.05) is 31.7 Å². The van der Waals surface area contributed by atoms with Crippen LogP contribution in [0.15, 0.2) is 0 Å². The van der Waals surface area contributed by atoms with Crippen LogP contribution in [0.25, 0.3) is 0 Å². The lowest BCUT2D eigenvalue weighted by Gasteiger charge is -2.25. The second kappa shape index (κ2) is 7.05. The van der Waals surface area contributed by atoms with Crippen LogP contribution in [-0.2, 0) is 0 Å². The maximum atomic E-state index is 3.78. The zero-order chi connectivity index (χ0) is 12.9. The van der Waals surface area contributed by atoms with Crippen molar-refractivity contribution in [2.45, 2.75) is 63.5 Å². The first kappa shape index (κ1) is 13.8. The van der Waals surface area contributed by atoms with Crippen molar-refractivity contribution < 1.29 is 0 Å². The minimum absolute atomic E-state index is 0.825. The van der Waals surface area contributed by atoms with Crippen molar-refractivity contribution in [2.75, 3.05) is 39.3 Å². The van der Waals surface area contributed by atoms with Crippen molar-refractivity contribution in [3.05, 3.63) is 0 Å². The third-order valence-corrected chi connectivity index (χ3v) is 5.37. The predicted octanol–water partition coefficient (Wildman–Crippen LogP) is 2.08. The Hall–Kier alpha value is -0.120. The topological polar surface area (TPSA) is 18.5 Å². The van der Waals surface area contributed by atoms with Crippen molar-refractivity contribution in [3.8, 4) is 0 Å². The second-order valence-corrected chi connectivity index (χ2v) is 6.78. The standard InChI is InChI=1S/C16H31N3/c1-2-6-15(7-3-1)17-9-13-18-12-8-16(14-18)19-10-4-5-11-19/h15-17H,1-14H2. The smallest absolute Gasteiger partial charge is 0.0235 e. The summed E-state index contributed by atoms with van der Waals surface area (Å²) in [6, 6.07) is 1.70. The zero-order valence-corrected chi connectivity index (χ0v) is 12.4. The molecule has 2 aliphatic heterocycles. The number of likely N-dealkylation sites (tertiary alicyclic amines) is 2. The molecule has 2 saturated heterocycles. The van der Waals surface area contributed by atoms with Crippen LogP contribution < -0.4 is 5.32 Å². The number of hydrogen-bond donors (Lipinski definition) is 1. The molecular weight excluding hydrogens is 234 g/mol. The Morgan fingerprint density at radius 3 is 2.42 bits per heavy atom. The van der Waals surface area contributed by atoms with Gasteiger partial charge in [-0.25, -0.2) is 0 Å². The van der Waals surface area contributed by atoms with E-state index in [1.165, 1.54) is 90.6 Å². The molecule has 110 valence electrons. The van der Waals surface area contributed by atoms with Crippen LogP contribution in [-0.4, -0.2) is 61.2 Å². The molecule has 1 atom stereocenters. The lowest BCUT2D eigenvalue weighted by atomic mass is 9.95. The Kier molecular flexibility index (Phi) is 5.14. The van der Waals surface area contributed by atoms with Gasteiger partial charge >= 0.3 is 0 Å². The Bertz CT molecular complexity index is 257. The van der Waals surface area contributed by atoms with Crippen LogP contribution in [0.1, 0.15) is 51.4 Å². The highest BCUT2D eigenvalue weighted by Gasteiger charge is 2.28. The van der Waals surface area contributed by atoms with Gasteiger partial charge in [0.2, 0.25) is 0 Å². The summed E-state index contributed by atoms with van der Waals surface area (Å²) < 4.78 is 0. The molecule has 1 unspecified atom stereocenters. The predicted molar refractivity (Wildman–Crippen MR) is 80.5 cm³/mol. The van der Waals surface area contributed by atoms with E-state index >= 15 is 0 Å². The van der Waals surface area contributed by atoms with Crippen LogP contribution in [0.2, 0.25) is 0 Å². The number of nitrogens with zero attached hydrogens (tertiary/aromatic N) is 2. The first-order chi connectivity index (χ1) is 9.42. The molecule has 0 aromatic heterocycles. The van der Waals surface area contributed by atoms with E-state index in [0.717, 1.165) is 12.1 Å². The van der Waals surface area contributed by atoms with E-state index in [9.17, 15) is 0 Å². The Morgan fingerprint density at radius 2 is 1.63 bits per heavy atom. The Morgan fingerprint density at radius 1 is 0.842 bits per heavy atom. The summed E-state index contributed by atoms with van der Waals surface area (Å²) in [5.41, 5.74) is 0. The molecule has 3 fully saturated rings. The summed E-state index contributed by atoms with van der Waals surface area (Å²) in [5.74, 6) is 0. The fraction of sp³-hybridized carbons (Fsp3) is 1.00. The normalized spacial score (nSPS) is 31.3. The molecule has 3 rings (SSSR count). The summed E-state index contributed by atoms with van der Waals surface area (Å²) in [5, 5.41) is 3.78. The zero-order valence-electron chi connectivity index (χ0n) is 12.4. The van der Waals surface area contributed by atoms with Gasteiger partial charge in [-0.1, -0.05) is 19.3 Å². The van der Waals surface area contributed by atoms with Gasteiger partial charge in [-0.05, 0) is 51.7 Å². The van der Waals surface area contributed by atoms with Crippen molar-refractivity contribution in [3.63, 3.8) is 0 Å². The van der Waals surface area contributed by atoms with Gasteiger partial charge in [-0.15, -0.1) is 0 Å². The minimum atomic E-state index is 0.825. The van der Waals surface area contributed by atoms with Gasteiger partial charge < -0.3 is 10.2 Å². The third kappa shape index (κ3) is 3.93. The summed E-state index contributed by atoms with van der Waals surface area (Å²) in [7, 11) is 0. The van der Waals surface area contributed by atoms with E-state index in [2.05, 4.69) is 15.1 Å². The fourth-order valence-corrected chi connectivity index (χ4v) is 4.15. The molecule has 1 saturated carbocycles. The maximum absolute atomic E-state index is 3.78. The van der Waals surface area contributed by atoms with Crippen LogP contribution in [0.4, 0.5) is 0 Å². The van der Waals surface area contributed by atoms with E-state index in [1.54, 1.807) is 0 Å². The molecule has 2 heterocycles. The van der Waals surface area contributed by atoms with E-state index in [4.69, 9.17) is 0 Å². The molecule has 0 spiro atoms. The average Bonchev–Trinajstić information content (AvgIpc) is 3.10. The molecule has 1 N–H and O–H groups in total. The first-order valence-corrected chi connectivity index (χ1v) is 8.61. The molecule has 3 nitrogen and oxygen atoms in total. The van der Waals surface area contributed by atoms with Crippen molar-refractivity contribution in [1.82, 2.24) is 15.1 Å². The van der Waals surface area contributed by atoms with Gasteiger partial charge in [0.1, 0.15) is 0 Å². The van der Waals surface area contributed by atoms with E-state index in [0.29, 0.717) is 0 Å². The SMILES string of the molecule is C1CCC(NCCN2CCC(N3CCCC3)C2)CC1. The number of nitrogens with one attached hydrogen (secondary N) is 1. The molecule has 0 bridgehead atoms. The van der Waals surface area contributed by atoms with Gasteiger partial charge in [0.25, 0.3) is 0 Å². The summed E-state index contributed by atoms with van der Waals surface area (Å²) >= 11 is 0. The van der Waals surface area contributed by atoms with Crippen LogP contribution in [0, 0.1) is 0 Å². The average molecular weight is 265 g/mol. The highest BCUT2D eigenvalue weighted by atomic mass is 15.3. The molecule has 3 aliphatic rings.